The van der Waals surface area contributed by atoms with Crippen LogP contribution in [0.15, 0.2) is 0 Å². The molecule has 0 aromatic carbocycles. The molecule has 11 heavy (non-hydrogen) atoms. The average molecular weight is 180 g/mol. The van der Waals surface area contributed by atoms with Crippen molar-refractivity contribution in [1.82, 2.24) is 0 Å². The highest BCUT2D eigenvalue weighted by Crippen LogP contribution is 2.17. The zero-order valence-electron chi connectivity index (χ0n) is 6.62. The molecule has 0 saturated heterocycles. The summed E-state index contributed by atoms with van der Waals surface area (Å²) >= 11 is 0. The molecule has 0 fully saturated rings. The van der Waals surface area contributed by atoms with Crippen LogP contribution in [0.4, 0.5) is 0 Å². The monoisotopic (exact) mass is 180 g/mol. The van der Waals surface area contributed by atoms with Gasteiger partial charge in [0.1, 0.15) is 0 Å². The Kier molecular flexibility index (Phi) is 3.62. The van der Waals surface area contributed by atoms with Gasteiger partial charge in [0.15, 0.2) is 0 Å². The molecule has 0 aromatic heterocycles. The van der Waals surface area contributed by atoms with Crippen LogP contribution in [-0.2, 0) is 0 Å². The van der Waals surface area contributed by atoms with E-state index in [0.29, 0.717) is 6.42 Å². The van der Waals surface area contributed by atoms with Gasteiger partial charge in [-0.2, -0.15) is 0 Å². The van der Waals surface area contributed by atoms with Crippen LogP contribution in [0.2, 0.25) is 0 Å². The maximum absolute atomic E-state index is 8.94. The molecule has 0 aromatic rings. The number of rotatable bonds is 4. The molecule has 0 aliphatic rings. The van der Waals surface area contributed by atoms with Crippen molar-refractivity contribution in [2.75, 3.05) is 6.54 Å². The standard InChI is InChI=1S/C5H16N2O3Si/c1-2-5(7,3-4-6)11(8,9)10/h8-10H,2-4,6-7H2,1H3. The molecular formula is C5H16N2O3Si. The van der Waals surface area contributed by atoms with Gasteiger partial charge in [0.05, 0.1) is 5.16 Å². The molecule has 6 heteroatoms. The summed E-state index contributed by atoms with van der Waals surface area (Å²) in [5.41, 5.74) is 10.7. The zero-order chi connectivity index (χ0) is 9.12. The van der Waals surface area contributed by atoms with Crippen LogP contribution < -0.4 is 11.5 Å². The van der Waals surface area contributed by atoms with Crippen LogP contribution in [-0.4, -0.2) is 34.9 Å². The minimum atomic E-state index is -4.23. The lowest BCUT2D eigenvalue weighted by Crippen LogP contribution is -2.66. The fourth-order valence-electron chi connectivity index (χ4n) is 0.839. The van der Waals surface area contributed by atoms with Crippen LogP contribution in [0, 0.1) is 0 Å². The summed E-state index contributed by atoms with van der Waals surface area (Å²) in [5.74, 6) is 0. The molecule has 1 atom stereocenters. The first-order chi connectivity index (χ1) is 4.87. The van der Waals surface area contributed by atoms with Gasteiger partial charge in [-0.05, 0) is 19.4 Å². The van der Waals surface area contributed by atoms with Gasteiger partial charge < -0.3 is 25.9 Å². The Balaban J connectivity index is 4.33. The predicted molar refractivity (Wildman–Crippen MR) is 43.3 cm³/mol. The van der Waals surface area contributed by atoms with Gasteiger partial charge >= 0.3 is 8.80 Å². The summed E-state index contributed by atoms with van der Waals surface area (Å²) < 4.78 is 0. The summed E-state index contributed by atoms with van der Waals surface area (Å²) in [5, 5.41) is -1.29. The third-order valence-electron chi connectivity index (χ3n) is 1.89. The van der Waals surface area contributed by atoms with Gasteiger partial charge in [-0.1, -0.05) is 6.92 Å². The van der Waals surface area contributed by atoms with Crippen LogP contribution in [0.25, 0.3) is 0 Å². The summed E-state index contributed by atoms with van der Waals surface area (Å²) in [4.78, 5) is 26.8. The van der Waals surface area contributed by atoms with E-state index >= 15 is 0 Å². The van der Waals surface area contributed by atoms with Crippen LogP contribution >= 0.6 is 0 Å². The fraction of sp³-hybridized carbons (Fsp3) is 1.00. The molecule has 0 amide bonds. The Bertz CT molecular complexity index is 127. The molecule has 68 valence electrons. The maximum atomic E-state index is 8.94. The molecule has 0 radical (unpaired) electrons. The smallest absolute Gasteiger partial charge is 0.389 e. The van der Waals surface area contributed by atoms with Crippen molar-refractivity contribution in [3.05, 3.63) is 0 Å². The van der Waals surface area contributed by atoms with Crippen molar-refractivity contribution in [1.29, 1.82) is 0 Å². The second kappa shape index (κ2) is 3.61. The van der Waals surface area contributed by atoms with E-state index in [1.165, 1.54) is 0 Å². The van der Waals surface area contributed by atoms with E-state index < -0.39 is 14.0 Å². The van der Waals surface area contributed by atoms with Crippen molar-refractivity contribution in [2.45, 2.75) is 24.9 Å². The van der Waals surface area contributed by atoms with Gasteiger partial charge in [0, 0.05) is 0 Å². The van der Waals surface area contributed by atoms with Gasteiger partial charge in [0.25, 0.3) is 0 Å². The van der Waals surface area contributed by atoms with Gasteiger partial charge in [-0.15, -0.1) is 0 Å². The number of hydrogen-bond donors (Lipinski definition) is 5. The Morgan fingerprint density at radius 3 is 1.91 bits per heavy atom. The van der Waals surface area contributed by atoms with Crippen molar-refractivity contribution in [2.24, 2.45) is 11.5 Å². The molecule has 0 aliphatic carbocycles. The predicted octanol–water partition coefficient (Wildman–Crippen LogP) is -2.10. The third-order valence-corrected chi connectivity index (χ3v) is 3.83. The van der Waals surface area contributed by atoms with Crippen molar-refractivity contribution >= 4 is 8.80 Å². The van der Waals surface area contributed by atoms with Crippen LogP contribution in [0.3, 0.4) is 0 Å². The highest BCUT2D eigenvalue weighted by atomic mass is 28.4. The Morgan fingerprint density at radius 1 is 1.36 bits per heavy atom. The topological polar surface area (TPSA) is 113 Å². The summed E-state index contributed by atoms with van der Waals surface area (Å²) in [7, 11) is -4.23. The van der Waals surface area contributed by atoms with E-state index in [1.807, 2.05) is 0 Å². The van der Waals surface area contributed by atoms with Crippen molar-refractivity contribution in [3.63, 3.8) is 0 Å². The van der Waals surface area contributed by atoms with E-state index in [2.05, 4.69) is 0 Å². The summed E-state index contributed by atoms with van der Waals surface area (Å²) in [6.45, 7) is 1.92. The lowest BCUT2D eigenvalue weighted by molar-refractivity contribution is 0.173. The maximum Gasteiger partial charge on any atom is 0.513 e. The highest BCUT2D eigenvalue weighted by Gasteiger charge is 2.49. The van der Waals surface area contributed by atoms with Gasteiger partial charge in [-0.25, -0.2) is 0 Å². The van der Waals surface area contributed by atoms with Crippen LogP contribution in [0.5, 0.6) is 0 Å². The Labute approximate surface area is 67.0 Å². The molecule has 1 unspecified atom stereocenters. The average Bonchev–Trinajstić information content (AvgIpc) is 1.86. The molecule has 7 N–H and O–H groups in total. The van der Waals surface area contributed by atoms with E-state index in [-0.39, 0.29) is 13.0 Å². The quantitative estimate of drug-likeness (QED) is 0.318. The first-order valence-corrected chi connectivity index (χ1v) is 5.37. The van der Waals surface area contributed by atoms with Gasteiger partial charge in [-0.3, -0.25) is 0 Å². The van der Waals surface area contributed by atoms with Crippen molar-refractivity contribution < 1.29 is 14.4 Å². The van der Waals surface area contributed by atoms with E-state index in [1.54, 1.807) is 6.92 Å². The molecule has 0 bridgehead atoms. The second-order valence-electron chi connectivity index (χ2n) is 2.68. The number of hydrogen-bond acceptors (Lipinski definition) is 5. The minimum Gasteiger partial charge on any atom is -0.389 e. The minimum absolute atomic E-state index is 0.221. The number of nitrogens with two attached hydrogens (primary N) is 2. The molecule has 0 saturated carbocycles. The first-order valence-electron chi connectivity index (χ1n) is 3.53. The molecular weight excluding hydrogens is 164 g/mol. The molecule has 0 spiro atoms. The van der Waals surface area contributed by atoms with E-state index in [4.69, 9.17) is 25.9 Å². The summed E-state index contributed by atoms with van der Waals surface area (Å²) in [6.07, 6.45) is 0.527. The summed E-state index contributed by atoms with van der Waals surface area (Å²) in [6, 6.07) is 0. The van der Waals surface area contributed by atoms with Crippen LogP contribution in [0.1, 0.15) is 19.8 Å². The normalized spacial score (nSPS) is 18.0. The third kappa shape index (κ3) is 2.51. The second-order valence-corrected chi connectivity index (χ2v) is 4.95. The first kappa shape index (κ1) is 11.0. The van der Waals surface area contributed by atoms with E-state index in [9.17, 15) is 0 Å². The lowest BCUT2D eigenvalue weighted by Gasteiger charge is -2.32. The molecule has 0 aliphatic heterocycles. The molecule has 5 nitrogen and oxygen atoms in total. The molecule has 0 heterocycles. The Hall–Kier alpha value is 0.0169. The van der Waals surface area contributed by atoms with E-state index in [0.717, 1.165) is 0 Å². The largest absolute Gasteiger partial charge is 0.513 e. The highest BCUT2D eigenvalue weighted by molar-refractivity contribution is 6.60. The lowest BCUT2D eigenvalue weighted by atomic mass is 10.1. The van der Waals surface area contributed by atoms with Crippen molar-refractivity contribution in [3.8, 4) is 0 Å². The Morgan fingerprint density at radius 2 is 1.82 bits per heavy atom. The SMILES string of the molecule is CCC(N)(CCN)[Si](O)(O)O. The molecule has 0 rings (SSSR count). The fourth-order valence-corrected chi connectivity index (χ4v) is 1.79. The van der Waals surface area contributed by atoms with Gasteiger partial charge in [0.2, 0.25) is 0 Å². The zero-order valence-corrected chi connectivity index (χ0v) is 7.62.